The Morgan fingerprint density at radius 3 is 2.32 bits per heavy atom. The first-order chi connectivity index (χ1) is 9.17. The second-order valence-electron chi connectivity index (χ2n) is 5.12. The molecule has 0 atom stereocenters. The predicted octanol–water partition coefficient (Wildman–Crippen LogP) is 1.04. The summed E-state index contributed by atoms with van der Waals surface area (Å²) >= 11 is 0. The van der Waals surface area contributed by atoms with E-state index in [9.17, 15) is 9.90 Å². The molecule has 0 aliphatic carbocycles. The quantitative estimate of drug-likeness (QED) is 0.723. The minimum Gasteiger partial charge on any atom is -0.545 e. The summed E-state index contributed by atoms with van der Waals surface area (Å²) in [6, 6.07) is 7.14. The molecule has 0 saturated heterocycles. The third-order valence-electron chi connectivity index (χ3n) is 3.38. The van der Waals surface area contributed by atoms with E-state index in [2.05, 4.69) is 13.8 Å². The van der Waals surface area contributed by atoms with Crippen LogP contribution in [0.4, 0.5) is 0 Å². The van der Waals surface area contributed by atoms with Crippen LogP contribution in [0.5, 0.6) is 0 Å². The highest BCUT2D eigenvalue weighted by atomic mass is 16.4. The molecule has 0 heterocycles. The normalized spacial score (nSPS) is 10.9. The average molecular weight is 263 g/mol. The van der Waals surface area contributed by atoms with Crippen LogP contribution in [0.1, 0.15) is 55.5 Å². The van der Waals surface area contributed by atoms with Gasteiger partial charge in [0.05, 0.1) is 19.1 Å². The number of aromatic carboxylic acids is 1. The molecule has 0 aliphatic rings. The molecule has 1 rings (SSSR count). The second-order valence-corrected chi connectivity index (χ2v) is 5.12. The van der Waals surface area contributed by atoms with Crippen molar-refractivity contribution < 1.29 is 14.8 Å². The average Bonchev–Trinajstić information content (AvgIpc) is 2.42. The van der Waals surface area contributed by atoms with Crippen molar-refractivity contribution >= 4 is 5.97 Å². The largest absolute Gasteiger partial charge is 0.545 e. The summed E-state index contributed by atoms with van der Waals surface area (Å²) in [4.78, 5) is 12.4. The van der Waals surface area contributed by atoms with Crippen LogP contribution in [-0.2, 0) is 6.54 Å². The first kappa shape index (κ1) is 15.7. The van der Waals surface area contributed by atoms with Crippen LogP contribution in [0.2, 0.25) is 0 Å². The molecule has 3 heteroatoms. The van der Waals surface area contributed by atoms with Crippen molar-refractivity contribution in [1.82, 2.24) is 0 Å². The van der Waals surface area contributed by atoms with E-state index in [0.29, 0.717) is 0 Å². The highest BCUT2D eigenvalue weighted by molar-refractivity contribution is 5.85. The number of carbonyl (C=O) groups excluding carboxylic acids is 1. The Hall–Kier alpha value is -1.35. The van der Waals surface area contributed by atoms with E-state index >= 15 is 0 Å². The molecule has 0 bridgehead atoms. The van der Waals surface area contributed by atoms with Crippen molar-refractivity contribution in [2.75, 3.05) is 13.1 Å². The van der Waals surface area contributed by atoms with Crippen LogP contribution in [0.25, 0.3) is 0 Å². The maximum Gasteiger partial charge on any atom is 0.103 e. The maximum absolute atomic E-state index is 10.9. The number of rotatable bonds is 9. The highest BCUT2D eigenvalue weighted by Crippen LogP contribution is 2.03. The van der Waals surface area contributed by atoms with E-state index in [4.69, 9.17) is 0 Å². The van der Waals surface area contributed by atoms with Gasteiger partial charge in [0.15, 0.2) is 0 Å². The Morgan fingerprint density at radius 2 is 1.79 bits per heavy atom. The topological polar surface area (TPSA) is 44.6 Å². The second kappa shape index (κ2) is 8.70. The number of nitrogens with one attached hydrogen (secondary N) is 1. The van der Waals surface area contributed by atoms with Gasteiger partial charge >= 0.3 is 0 Å². The predicted molar refractivity (Wildman–Crippen MR) is 75.0 cm³/mol. The molecule has 106 valence electrons. The van der Waals surface area contributed by atoms with E-state index in [1.165, 1.54) is 25.7 Å². The van der Waals surface area contributed by atoms with Gasteiger partial charge in [0.25, 0.3) is 0 Å². The summed E-state index contributed by atoms with van der Waals surface area (Å²) in [6.07, 6.45) is 4.85. The zero-order valence-corrected chi connectivity index (χ0v) is 12.1. The van der Waals surface area contributed by atoms with Gasteiger partial charge in [0.1, 0.15) is 6.54 Å². The molecule has 19 heavy (non-hydrogen) atoms. The Kier molecular flexibility index (Phi) is 7.19. The Morgan fingerprint density at radius 1 is 1.16 bits per heavy atom. The van der Waals surface area contributed by atoms with Crippen LogP contribution >= 0.6 is 0 Å². The number of carboxylic acids is 1. The molecular weight excluding hydrogens is 238 g/mol. The number of carbonyl (C=O) groups is 1. The van der Waals surface area contributed by atoms with Gasteiger partial charge in [-0.05, 0) is 24.5 Å². The van der Waals surface area contributed by atoms with Crippen molar-refractivity contribution in [3.63, 3.8) is 0 Å². The van der Waals surface area contributed by atoms with Crippen LogP contribution in [0.15, 0.2) is 24.3 Å². The van der Waals surface area contributed by atoms with Gasteiger partial charge in [0.2, 0.25) is 0 Å². The third-order valence-corrected chi connectivity index (χ3v) is 3.38. The van der Waals surface area contributed by atoms with Gasteiger partial charge in [-0.2, -0.15) is 0 Å². The fourth-order valence-corrected chi connectivity index (χ4v) is 2.25. The van der Waals surface area contributed by atoms with Gasteiger partial charge in [-0.3, -0.25) is 0 Å². The van der Waals surface area contributed by atoms with Crippen molar-refractivity contribution in [2.24, 2.45) is 0 Å². The standard InChI is InChI=1S/C16H25NO2/c1-3-5-10-17(11-6-4-2)13-14-8-7-9-15(12-14)16(18)19/h7-9,12H,3-6,10-11,13H2,1-2H3,(H,18,19). The first-order valence-corrected chi connectivity index (χ1v) is 7.31. The zero-order valence-electron chi connectivity index (χ0n) is 12.1. The van der Waals surface area contributed by atoms with Crippen LogP contribution < -0.4 is 10.0 Å². The van der Waals surface area contributed by atoms with E-state index in [-0.39, 0.29) is 5.56 Å². The first-order valence-electron chi connectivity index (χ1n) is 7.31. The monoisotopic (exact) mass is 263 g/mol. The van der Waals surface area contributed by atoms with Gasteiger partial charge < -0.3 is 14.8 Å². The number of hydrogen-bond donors (Lipinski definition) is 1. The smallest absolute Gasteiger partial charge is 0.103 e. The Bertz CT molecular complexity index is 382. The number of benzene rings is 1. The lowest BCUT2D eigenvalue weighted by atomic mass is 10.1. The summed E-state index contributed by atoms with van der Waals surface area (Å²) in [6.45, 7) is 7.63. The lowest BCUT2D eigenvalue weighted by Crippen LogP contribution is -3.10. The van der Waals surface area contributed by atoms with Crippen LogP contribution in [-0.4, -0.2) is 19.1 Å². The van der Waals surface area contributed by atoms with Crippen LogP contribution in [0.3, 0.4) is 0 Å². The third kappa shape index (κ3) is 5.88. The minimum atomic E-state index is -1.09. The van der Waals surface area contributed by atoms with Crippen molar-refractivity contribution in [3.8, 4) is 0 Å². The number of hydrogen-bond acceptors (Lipinski definition) is 2. The lowest BCUT2D eigenvalue weighted by molar-refractivity contribution is -0.914. The number of unbranched alkanes of at least 4 members (excludes halogenated alkanes) is 2. The summed E-state index contributed by atoms with van der Waals surface area (Å²) in [5, 5.41) is 10.9. The highest BCUT2D eigenvalue weighted by Gasteiger charge is 2.09. The lowest BCUT2D eigenvalue weighted by Gasteiger charge is -2.19. The van der Waals surface area contributed by atoms with Crippen LogP contribution in [0, 0.1) is 0 Å². The maximum atomic E-state index is 10.9. The molecule has 0 aliphatic heterocycles. The molecule has 0 spiro atoms. The molecule has 3 nitrogen and oxygen atoms in total. The van der Waals surface area contributed by atoms with Gasteiger partial charge in [-0.25, -0.2) is 0 Å². The van der Waals surface area contributed by atoms with Gasteiger partial charge in [-0.15, -0.1) is 0 Å². The fraction of sp³-hybridized carbons (Fsp3) is 0.562. The number of carboxylic acid groups (broad SMARTS) is 1. The summed E-state index contributed by atoms with van der Waals surface area (Å²) in [7, 11) is 0. The van der Waals surface area contributed by atoms with Gasteiger partial charge in [-0.1, -0.05) is 44.9 Å². The van der Waals surface area contributed by atoms with E-state index in [0.717, 1.165) is 25.2 Å². The summed E-state index contributed by atoms with van der Waals surface area (Å²) in [5.74, 6) is -1.09. The van der Waals surface area contributed by atoms with E-state index in [1.807, 2.05) is 6.07 Å². The van der Waals surface area contributed by atoms with Crippen molar-refractivity contribution in [1.29, 1.82) is 0 Å². The molecule has 0 radical (unpaired) electrons. The van der Waals surface area contributed by atoms with E-state index in [1.54, 1.807) is 23.1 Å². The minimum absolute atomic E-state index is 0.280. The van der Waals surface area contributed by atoms with Crippen molar-refractivity contribution in [2.45, 2.75) is 46.1 Å². The Balaban J connectivity index is 2.65. The molecule has 1 aromatic carbocycles. The molecule has 1 N–H and O–H groups in total. The summed E-state index contributed by atoms with van der Waals surface area (Å²) < 4.78 is 0. The molecule has 0 amide bonds. The molecule has 0 unspecified atom stereocenters. The SMILES string of the molecule is CCCC[NH+](CCCC)Cc1cccc(C(=O)[O-])c1. The number of quaternary nitrogens is 1. The van der Waals surface area contributed by atoms with Crippen molar-refractivity contribution in [3.05, 3.63) is 35.4 Å². The summed E-state index contributed by atoms with van der Waals surface area (Å²) in [5.41, 5.74) is 1.37. The molecule has 0 fully saturated rings. The molecule has 0 saturated carbocycles. The zero-order chi connectivity index (χ0) is 14.1. The fourth-order valence-electron chi connectivity index (χ4n) is 2.25. The van der Waals surface area contributed by atoms with E-state index < -0.39 is 5.97 Å². The molecular formula is C16H25NO2. The van der Waals surface area contributed by atoms with Gasteiger partial charge in [0, 0.05) is 5.56 Å². The molecule has 1 aromatic rings. The molecule has 0 aromatic heterocycles. The Labute approximate surface area is 116 Å².